The summed E-state index contributed by atoms with van der Waals surface area (Å²) in [5, 5.41) is 14.7. The first kappa shape index (κ1) is 14.1. The summed E-state index contributed by atoms with van der Waals surface area (Å²) in [6, 6.07) is 16.7. The summed E-state index contributed by atoms with van der Waals surface area (Å²) < 4.78 is 0.800. The van der Waals surface area contributed by atoms with E-state index in [0.29, 0.717) is 11.3 Å². The quantitative estimate of drug-likeness (QED) is 0.903. The Morgan fingerprint density at radius 1 is 1.20 bits per heavy atom. The van der Waals surface area contributed by atoms with Gasteiger partial charge < -0.3 is 10.6 Å². The van der Waals surface area contributed by atoms with Gasteiger partial charge in [-0.3, -0.25) is 4.79 Å². The van der Waals surface area contributed by atoms with Crippen LogP contribution in [0.25, 0.3) is 0 Å². The SMILES string of the molecule is N#Cc1cc(Br)ccc1NC(=O)CNc1ccccc1. The molecule has 5 heteroatoms. The third-order valence-corrected chi connectivity index (χ3v) is 3.10. The molecule has 0 bridgehead atoms. The summed E-state index contributed by atoms with van der Waals surface area (Å²) in [6.45, 7) is 0.144. The van der Waals surface area contributed by atoms with E-state index in [9.17, 15) is 4.79 Å². The summed E-state index contributed by atoms with van der Waals surface area (Å²) in [4.78, 5) is 11.8. The second-order valence-electron chi connectivity index (χ2n) is 4.07. The van der Waals surface area contributed by atoms with E-state index >= 15 is 0 Å². The average Bonchev–Trinajstić information content (AvgIpc) is 2.48. The predicted molar refractivity (Wildman–Crippen MR) is 82.4 cm³/mol. The highest BCUT2D eigenvalue weighted by atomic mass is 79.9. The molecule has 0 aliphatic rings. The fraction of sp³-hybridized carbons (Fsp3) is 0.0667. The van der Waals surface area contributed by atoms with Crippen LogP contribution >= 0.6 is 15.9 Å². The molecule has 20 heavy (non-hydrogen) atoms. The van der Waals surface area contributed by atoms with E-state index < -0.39 is 0 Å². The highest BCUT2D eigenvalue weighted by molar-refractivity contribution is 9.10. The van der Waals surface area contributed by atoms with Crippen LogP contribution in [0.2, 0.25) is 0 Å². The number of carbonyl (C=O) groups excluding carboxylic acids is 1. The molecule has 0 saturated heterocycles. The van der Waals surface area contributed by atoms with Crippen molar-refractivity contribution in [3.63, 3.8) is 0 Å². The van der Waals surface area contributed by atoms with E-state index in [4.69, 9.17) is 5.26 Å². The van der Waals surface area contributed by atoms with Gasteiger partial charge in [-0.05, 0) is 30.3 Å². The molecule has 0 aromatic heterocycles. The Kier molecular flexibility index (Phi) is 4.75. The van der Waals surface area contributed by atoms with E-state index in [1.807, 2.05) is 30.3 Å². The molecule has 2 aromatic carbocycles. The Balaban J connectivity index is 1.97. The highest BCUT2D eigenvalue weighted by Gasteiger charge is 2.07. The summed E-state index contributed by atoms with van der Waals surface area (Å²) in [5.74, 6) is -0.201. The Labute approximate surface area is 125 Å². The third-order valence-electron chi connectivity index (χ3n) is 2.60. The number of rotatable bonds is 4. The Morgan fingerprint density at radius 2 is 1.95 bits per heavy atom. The lowest BCUT2D eigenvalue weighted by atomic mass is 10.2. The van der Waals surface area contributed by atoms with E-state index in [-0.39, 0.29) is 12.5 Å². The van der Waals surface area contributed by atoms with E-state index in [2.05, 4.69) is 32.6 Å². The Hall–Kier alpha value is -2.32. The van der Waals surface area contributed by atoms with Crippen molar-refractivity contribution in [2.24, 2.45) is 0 Å². The molecule has 2 aromatic rings. The van der Waals surface area contributed by atoms with Crippen molar-refractivity contribution in [2.45, 2.75) is 0 Å². The number of hydrogen-bond donors (Lipinski definition) is 2. The van der Waals surface area contributed by atoms with Gasteiger partial charge >= 0.3 is 0 Å². The van der Waals surface area contributed by atoms with Gasteiger partial charge in [0.25, 0.3) is 0 Å². The fourth-order valence-corrected chi connectivity index (χ4v) is 2.01. The van der Waals surface area contributed by atoms with Crippen LogP contribution in [0.1, 0.15) is 5.56 Å². The van der Waals surface area contributed by atoms with Crippen LogP contribution in [0.5, 0.6) is 0 Å². The number of amides is 1. The molecule has 1 amide bonds. The molecule has 0 saturated carbocycles. The van der Waals surface area contributed by atoms with Gasteiger partial charge in [0.05, 0.1) is 17.8 Å². The summed E-state index contributed by atoms with van der Waals surface area (Å²) in [7, 11) is 0. The van der Waals surface area contributed by atoms with Gasteiger partial charge in [-0.1, -0.05) is 34.1 Å². The Bertz CT molecular complexity index is 650. The first-order chi connectivity index (χ1) is 9.69. The van der Waals surface area contributed by atoms with Gasteiger partial charge in [-0.25, -0.2) is 0 Å². The second-order valence-corrected chi connectivity index (χ2v) is 4.99. The molecule has 2 N–H and O–H groups in total. The summed E-state index contributed by atoms with van der Waals surface area (Å²) >= 11 is 3.29. The normalized spacial score (nSPS) is 9.60. The monoisotopic (exact) mass is 329 g/mol. The number of anilines is 2. The van der Waals surface area contributed by atoms with Crippen LogP contribution in [-0.2, 0) is 4.79 Å². The van der Waals surface area contributed by atoms with Crippen molar-refractivity contribution in [3.8, 4) is 6.07 Å². The van der Waals surface area contributed by atoms with E-state index in [0.717, 1.165) is 10.2 Å². The topological polar surface area (TPSA) is 64.9 Å². The molecule has 0 aliphatic carbocycles. The number of para-hydroxylation sites is 1. The predicted octanol–water partition coefficient (Wildman–Crippen LogP) is 3.37. The third kappa shape index (κ3) is 3.84. The zero-order valence-electron chi connectivity index (χ0n) is 10.6. The van der Waals surface area contributed by atoms with Gasteiger partial charge in [-0.15, -0.1) is 0 Å². The van der Waals surface area contributed by atoms with Gasteiger partial charge in [0.2, 0.25) is 5.91 Å². The van der Waals surface area contributed by atoms with Crippen molar-refractivity contribution in [1.82, 2.24) is 0 Å². The standard InChI is InChI=1S/C15H12BrN3O/c16-12-6-7-14(11(8-12)9-17)19-15(20)10-18-13-4-2-1-3-5-13/h1-8,18H,10H2,(H,19,20). The van der Waals surface area contributed by atoms with Crippen molar-refractivity contribution in [1.29, 1.82) is 5.26 Å². The van der Waals surface area contributed by atoms with Crippen molar-refractivity contribution >= 4 is 33.2 Å². The van der Waals surface area contributed by atoms with E-state index in [1.54, 1.807) is 18.2 Å². The van der Waals surface area contributed by atoms with Crippen LogP contribution in [0.4, 0.5) is 11.4 Å². The average molecular weight is 330 g/mol. The number of hydrogen-bond acceptors (Lipinski definition) is 3. The van der Waals surface area contributed by atoms with Crippen LogP contribution in [0, 0.1) is 11.3 Å². The zero-order valence-corrected chi connectivity index (χ0v) is 12.1. The van der Waals surface area contributed by atoms with Crippen molar-refractivity contribution in [3.05, 3.63) is 58.6 Å². The molecule has 0 heterocycles. The lowest BCUT2D eigenvalue weighted by molar-refractivity contribution is -0.114. The molecule has 0 fully saturated rings. The molecule has 0 aliphatic heterocycles. The molecule has 0 atom stereocenters. The summed E-state index contributed by atoms with van der Waals surface area (Å²) in [5.41, 5.74) is 1.81. The largest absolute Gasteiger partial charge is 0.376 e. The minimum atomic E-state index is -0.201. The fourth-order valence-electron chi connectivity index (χ4n) is 1.65. The van der Waals surface area contributed by atoms with Crippen LogP contribution in [-0.4, -0.2) is 12.5 Å². The molecule has 0 spiro atoms. The molecular formula is C15H12BrN3O. The number of carbonyl (C=O) groups is 1. The number of halogens is 1. The molecule has 0 radical (unpaired) electrons. The van der Waals surface area contributed by atoms with Crippen molar-refractivity contribution in [2.75, 3.05) is 17.2 Å². The number of benzene rings is 2. The number of nitrogens with zero attached hydrogens (tertiary/aromatic N) is 1. The van der Waals surface area contributed by atoms with Crippen molar-refractivity contribution < 1.29 is 4.79 Å². The molecule has 4 nitrogen and oxygen atoms in total. The first-order valence-corrected chi connectivity index (χ1v) is 6.77. The maximum Gasteiger partial charge on any atom is 0.243 e. The second kappa shape index (κ2) is 6.73. The summed E-state index contributed by atoms with van der Waals surface area (Å²) in [6.07, 6.45) is 0. The van der Waals surface area contributed by atoms with Gasteiger partial charge in [0.1, 0.15) is 6.07 Å². The highest BCUT2D eigenvalue weighted by Crippen LogP contribution is 2.20. The maximum atomic E-state index is 11.8. The first-order valence-electron chi connectivity index (χ1n) is 5.97. The maximum absolute atomic E-state index is 11.8. The van der Waals surface area contributed by atoms with Gasteiger partial charge in [0.15, 0.2) is 0 Å². The number of nitrogens with one attached hydrogen (secondary N) is 2. The van der Waals surface area contributed by atoms with Crippen LogP contribution in [0.3, 0.4) is 0 Å². The smallest absolute Gasteiger partial charge is 0.243 e. The molecular weight excluding hydrogens is 318 g/mol. The molecule has 2 rings (SSSR count). The number of nitriles is 1. The van der Waals surface area contributed by atoms with Gasteiger partial charge in [0, 0.05) is 10.2 Å². The van der Waals surface area contributed by atoms with Crippen LogP contribution < -0.4 is 10.6 Å². The zero-order chi connectivity index (χ0) is 14.4. The molecule has 100 valence electrons. The lowest BCUT2D eigenvalue weighted by Crippen LogP contribution is -2.22. The van der Waals surface area contributed by atoms with E-state index in [1.165, 1.54) is 0 Å². The minimum Gasteiger partial charge on any atom is -0.376 e. The van der Waals surface area contributed by atoms with Gasteiger partial charge in [-0.2, -0.15) is 5.26 Å². The lowest BCUT2D eigenvalue weighted by Gasteiger charge is -2.09. The molecule has 0 unspecified atom stereocenters. The minimum absolute atomic E-state index is 0.144. The Morgan fingerprint density at radius 3 is 2.65 bits per heavy atom. The van der Waals surface area contributed by atoms with Crippen LogP contribution in [0.15, 0.2) is 53.0 Å².